The van der Waals surface area contributed by atoms with E-state index in [2.05, 4.69) is 72.1 Å². The van der Waals surface area contributed by atoms with E-state index in [0.717, 1.165) is 19.0 Å². The quantitative estimate of drug-likeness (QED) is 0.592. The minimum absolute atomic E-state index is 0.257. The lowest BCUT2D eigenvalue weighted by atomic mass is 10.1. The Hall–Kier alpha value is -1.85. The predicted octanol–water partition coefficient (Wildman–Crippen LogP) is 3.85. The number of benzene rings is 1. The molecule has 1 heterocycles. The van der Waals surface area contributed by atoms with Crippen molar-refractivity contribution in [3.63, 3.8) is 0 Å². The summed E-state index contributed by atoms with van der Waals surface area (Å²) in [6, 6.07) is 10.6. The molecule has 0 radical (unpaired) electrons. The van der Waals surface area contributed by atoms with Crippen LogP contribution in [0.1, 0.15) is 35.4 Å². The second-order valence-electron chi connectivity index (χ2n) is 5.98. The van der Waals surface area contributed by atoms with Gasteiger partial charge in [0.15, 0.2) is 5.96 Å². The average Bonchev–Trinajstić information content (AvgIpc) is 2.99. The molecule has 2 aromatic rings. The zero-order valence-electron chi connectivity index (χ0n) is 14.9. The normalized spacial score (nSPS) is 11.8. The topological polar surface area (TPSA) is 45.7 Å². The van der Waals surface area contributed by atoms with Crippen molar-refractivity contribution in [3.05, 3.63) is 57.3 Å². The van der Waals surface area contributed by atoms with Crippen molar-refractivity contribution in [2.24, 2.45) is 4.99 Å². The van der Waals surface area contributed by atoms with Gasteiger partial charge in [-0.15, -0.1) is 11.3 Å². The van der Waals surface area contributed by atoms with Gasteiger partial charge in [0.1, 0.15) is 0 Å². The van der Waals surface area contributed by atoms with Crippen LogP contribution >= 0.6 is 11.3 Å². The number of ether oxygens (including phenoxy) is 1. The van der Waals surface area contributed by atoms with E-state index < -0.39 is 0 Å². The number of nitrogens with one attached hydrogen (secondary N) is 2. The molecule has 0 amide bonds. The van der Waals surface area contributed by atoms with Gasteiger partial charge in [-0.1, -0.05) is 24.3 Å². The van der Waals surface area contributed by atoms with E-state index in [4.69, 9.17) is 4.74 Å². The van der Waals surface area contributed by atoms with Crippen LogP contribution in [0.5, 0.6) is 0 Å². The third-order valence-corrected chi connectivity index (χ3v) is 4.70. The molecule has 130 valence electrons. The summed E-state index contributed by atoms with van der Waals surface area (Å²) in [5.74, 6) is 0.815. The minimum atomic E-state index is 0.257. The van der Waals surface area contributed by atoms with Crippen LogP contribution in [0.3, 0.4) is 0 Å². The molecule has 0 aliphatic rings. The maximum Gasteiger partial charge on any atom is 0.191 e. The Bertz CT molecular complexity index is 647. The number of aryl methyl sites for hydroxylation is 1. The lowest BCUT2D eigenvalue weighted by Gasteiger charge is -2.12. The second-order valence-corrected chi connectivity index (χ2v) is 6.98. The van der Waals surface area contributed by atoms with Crippen LogP contribution in [-0.4, -0.2) is 19.1 Å². The fourth-order valence-electron chi connectivity index (χ4n) is 2.17. The number of hydrogen-bond donors (Lipinski definition) is 2. The SMILES string of the molecule is CN=C(NCc1ccc(COC(C)C)cc1)NCc1sccc1C. The van der Waals surface area contributed by atoms with Crippen molar-refractivity contribution in [3.8, 4) is 0 Å². The first kappa shape index (κ1) is 18.5. The fourth-order valence-corrected chi connectivity index (χ4v) is 3.02. The first-order valence-corrected chi connectivity index (χ1v) is 9.13. The van der Waals surface area contributed by atoms with Crippen molar-refractivity contribution in [1.29, 1.82) is 0 Å². The standard InChI is InChI=1S/C19H27N3OS/c1-14(2)23-13-17-7-5-16(6-8-17)11-21-19(20-4)22-12-18-15(3)9-10-24-18/h5-10,14H,11-13H2,1-4H3,(H2,20,21,22). The molecular weight excluding hydrogens is 318 g/mol. The summed E-state index contributed by atoms with van der Waals surface area (Å²) in [7, 11) is 1.79. The minimum Gasteiger partial charge on any atom is -0.374 e. The molecule has 0 saturated heterocycles. The van der Waals surface area contributed by atoms with Crippen LogP contribution in [0.4, 0.5) is 0 Å². The predicted molar refractivity (Wildman–Crippen MR) is 102 cm³/mol. The molecule has 1 aromatic carbocycles. The van der Waals surface area contributed by atoms with Crippen LogP contribution in [0.2, 0.25) is 0 Å². The highest BCUT2D eigenvalue weighted by atomic mass is 32.1. The Balaban J connectivity index is 1.79. The maximum absolute atomic E-state index is 5.62. The lowest BCUT2D eigenvalue weighted by molar-refractivity contribution is 0.0657. The Morgan fingerprint density at radius 1 is 1.08 bits per heavy atom. The summed E-state index contributed by atoms with van der Waals surface area (Å²) >= 11 is 1.77. The number of rotatable bonds is 7. The summed E-state index contributed by atoms with van der Waals surface area (Å²) < 4.78 is 5.62. The van der Waals surface area contributed by atoms with E-state index in [-0.39, 0.29) is 6.10 Å². The maximum atomic E-state index is 5.62. The number of nitrogens with zero attached hydrogens (tertiary/aromatic N) is 1. The molecular formula is C19H27N3OS. The number of guanidine groups is 1. The van der Waals surface area contributed by atoms with Crippen molar-refractivity contribution in [2.75, 3.05) is 7.05 Å². The van der Waals surface area contributed by atoms with Crippen LogP contribution < -0.4 is 10.6 Å². The Kier molecular flexibility index (Phi) is 7.28. The van der Waals surface area contributed by atoms with E-state index in [0.29, 0.717) is 6.61 Å². The van der Waals surface area contributed by atoms with Gasteiger partial charge in [0.25, 0.3) is 0 Å². The molecule has 24 heavy (non-hydrogen) atoms. The highest BCUT2D eigenvalue weighted by Crippen LogP contribution is 2.14. The Morgan fingerprint density at radius 2 is 1.75 bits per heavy atom. The lowest BCUT2D eigenvalue weighted by Crippen LogP contribution is -2.36. The fraction of sp³-hybridized carbons (Fsp3) is 0.421. The summed E-state index contributed by atoms with van der Waals surface area (Å²) in [5.41, 5.74) is 3.74. The van der Waals surface area contributed by atoms with Crippen molar-refractivity contribution in [2.45, 2.75) is 46.6 Å². The highest BCUT2D eigenvalue weighted by Gasteiger charge is 2.03. The molecule has 0 bridgehead atoms. The van der Waals surface area contributed by atoms with Gasteiger partial charge in [-0.25, -0.2) is 0 Å². The molecule has 0 fully saturated rings. The van der Waals surface area contributed by atoms with Crippen LogP contribution in [-0.2, 0) is 24.4 Å². The first-order valence-electron chi connectivity index (χ1n) is 8.25. The molecule has 0 unspecified atom stereocenters. The van der Waals surface area contributed by atoms with Gasteiger partial charge >= 0.3 is 0 Å². The Morgan fingerprint density at radius 3 is 2.33 bits per heavy atom. The monoisotopic (exact) mass is 345 g/mol. The van der Waals surface area contributed by atoms with E-state index in [1.807, 2.05) is 0 Å². The molecule has 0 aliphatic carbocycles. The van der Waals surface area contributed by atoms with E-state index in [1.165, 1.54) is 21.6 Å². The van der Waals surface area contributed by atoms with Gasteiger partial charge in [0.05, 0.1) is 19.3 Å². The summed E-state index contributed by atoms with van der Waals surface area (Å²) in [4.78, 5) is 5.62. The third kappa shape index (κ3) is 5.98. The summed E-state index contributed by atoms with van der Waals surface area (Å²) in [6.45, 7) is 8.44. The number of aliphatic imine (C=N–C) groups is 1. The first-order chi connectivity index (χ1) is 11.6. The molecule has 4 nitrogen and oxygen atoms in total. The molecule has 5 heteroatoms. The van der Waals surface area contributed by atoms with Gasteiger partial charge in [-0.3, -0.25) is 4.99 Å². The van der Waals surface area contributed by atoms with E-state index in [9.17, 15) is 0 Å². The molecule has 0 saturated carbocycles. The van der Waals surface area contributed by atoms with E-state index in [1.54, 1.807) is 18.4 Å². The summed E-state index contributed by atoms with van der Waals surface area (Å²) in [6.07, 6.45) is 0.257. The Labute approximate surface area is 149 Å². The van der Waals surface area contributed by atoms with Crippen molar-refractivity contribution < 1.29 is 4.74 Å². The molecule has 2 N–H and O–H groups in total. The van der Waals surface area contributed by atoms with Gasteiger partial charge in [-0.2, -0.15) is 0 Å². The van der Waals surface area contributed by atoms with E-state index >= 15 is 0 Å². The smallest absolute Gasteiger partial charge is 0.191 e. The summed E-state index contributed by atoms with van der Waals surface area (Å²) in [5, 5.41) is 8.82. The molecule has 0 aliphatic heterocycles. The molecule has 0 atom stereocenters. The van der Waals surface area contributed by atoms with Gasteiger partial charge < -0.3 is 15.4 Å². The van der Waals surface area contributed by atoms with Gasteiger partial charge in [-0.05, 0) is 48.9 Å². The molecule has 0 spiro atoms. The third-order valence-electron chi connectivity index (χ3n) is 3.67. The van der Waals surface area contributed by atoms with Crippen molar-refractivity contribution >= 4 is 17.3 Å². The van der Waals surface area contributed by atoms with Crippen LogP contribution in [0, 0.1) is 6.92 Å². The zero-order chi connectivity index (χ0) is 17.4. The average molecular weight is 346 g/mol. The van der Waals surface area contributed by atoms with Gasteiger partial charge in [0, 0.05) is 18.5 Å². The van der Waals surface area contributed by atoms with Crippen LogP contribution in [0.25, 0.3) is 0 Å². The molecule has 2 rings (SSSR count). The second kappa shape index (κ2) is 9.45. The van der Waals surface area contributed by atoms with Crippen LogP contribution in [0.15, 0.2) is 40.7 Å². The largest absolute Gasteiger partial charge is 0.374 e. The van der Waals surface area contributed by atoms with Crippen molar-refractivity contribution in [1.82, 2.24) is 10.6 Å². The number of thiophene rings is 1. The highest BCUT2D eigenvalue weighted by molar-refractivity contribution is 7.10. The molecule has 1 aromatic heterocycles. The number of hydrogen-bond acceptors (Lipinski definition) is 3. The van der Waals surface area contributed by atoms with Gasteiger partial charge in [0.2, 0.25) is 0 Å². The zero-order valence-corrected chi connectivity index (χ0v) is 15.7.